The molecule has 1 unspecified atom stereocenters. The zero-order valence-electron chi connectivity index (χ0n) is 9.91. The maximum atomic E-state index is 5.63. The van der Waals surface area contributed by atoms with Gasteiger partial charge >= 0.3 is 0 Å². The van der Waals surface area contributed by atoms with Gasteiger partial charge in [0, 0.05) is 15.4 Å². The highest BCUT2D eigenvalue weighted by Crippen LogP contribution is 2.22. The van der Waals surface area contributed by atoms with E-state index >= 15 is 0 Å². The summed E-state index contributed by atoms with van der Waals surface area (Å²) in [5.41, 5.74) is 1.20. The van der Waals surface area contributed by atoms with Crippen molar-refractivity contribution in [3.63, 3.8) is 0 Å². The van der Waals surface area contributed by atoms with Crippen LogP contribution in [0.5, 0.6) is 0 Å². The summed E-state index contributed by atoms with van der Waals surface area (Å²) < 4.78 is 7.77. The van der Waals surface area contributed by atoms with E-state index in [-0.39, 0.29) is 0 Å². The first-order valence-electron chi connectivity index (χ1n) is 5.69. The van der Waals surface area contributed by atoms with Crippen molar-refractivity contribution in [2.75, 3.05) is 6.61 Å². The molecule has 0 spiro atoms. The predicted octanol–water partition coefficient (Wildman–Crippen LogP) is 4.21. The Balaban J connectivity index is 2.09. The van der Waals surface area contributed by atoms with Crippen LogP contribution < -0.4 is 0 Å². The molecule has 0 bridgehead atoms. The van der Waals surface area contributed by atoms with E-state index in [0.29, 0.717) is 12.0 Å². The predicted molar refractivity (Wildman–Crippen MR) is 77.6 cm³/mol. The van der Waals surface area contributed by atoms with E-state index < -0.39 is 0 Å². The monoisotopic (exact) mass is 359 g/mol. The summed E-state index contributed by atoms with van der Waals surface area (Å²) in [6.45, 7) is 5.08. The molecule has 92 valence electrons. The van der Waals surface area contributed by atoms with E-state index in [1.54, 1.807) is 0 Å². The second-order valence-corrected chi connectivity index (χ2v) is 6.43. The Morgan fingerprint density at radius 3 is 2.47 bits per heavy atom. The Morgan fingerprint density at radius 2 is 1.94 bits per heavy atom. The van der Waals surface area contributed by atoms with Crippen molar-refractivity contribution in [3.05, 3.63) is 32.7 Å². The van der Waals surface area contributed by atoms with Crippen molar-refractivity contribution in [1.82, 2.24) is 0 Å². The molecule has 4 heteroatoms. The van der Waals surface area contributed by atoms with E-state index in [0.717, 1.165) is 27.9 Å². The van der Waals surface area contributed by atoms with Crippen LogP contribution in [-0.2, 0) is 11.2 Å². The van der Waals surface area contributed by atoms with Gasteiger partial charge in [-0.25, -0.2) is 4.99 Å². The Morgan fingerprint density at radius 1 is 1.29 bits per heavy atom. The molecule has 1 atom stereocenters. The third kappa shape index (κ3) is 3.55. The fourth-order valence-electron chi connectivity index (χ4n) is 1.77. The van der Waals surface area contributed by atoms with Crippen LogP contribution in [0.2, 0.25) is 0 Å². The zero-order valence-corrected chi connectivity index (χ0v) is 13.1. The average molecular weight is 361 g/mol. The average Bonchev–Trinajstić information content (AvgIpc) is 2.64. The fourth-order valence-corrected chi connectivity index (χ4v) is 3.16. The first-order valence-corrected chi connectivity index (χ1v) is 7.27. The topological polar surface area (TPSA) is 21.6 Å². The number of ether oxygens (including phenoxy) is 1. The quantitative estimate of drug-likeness (QED) is 0.791. The van der Waals surface area contributed by atoms with Crippen molar-refractivity contribution in [1.29, 1.82) is 0 Å². The van der Waals surface area contributed by atoms with E-state index in [9.17, 15) is 0 Å². The summed E-state index contributed by atoms with van der Waals surface area (Å²) in [4.78, 5) is 4.61. The van der Waals surface area contributed by atoms with Gasteiger partial charge in [0.25, 0.3) is 0 Å². The summed E-state index contributed by atoms with van der Waals surface area (Å²) >= 11 is 6.97. The lowest BCUT2D eigenvalue weighted by Crippen LogP contribution is -2.13. The van der Waals surface area contributed by atoms with Crippen molar-refractivity contribution >= 4 is 37.8 Å². The van der Waals surface area contributed by atoms with Gasteiger partial charge in [0.1, 0.15) is 6.61 Å². The smallest absolute Gasteiger partial charge is 0.188 e. The first-order chi connectivity index (χ1) is 8.04. The molecule has 0 fully saturated rings. The maximum absolute atomic E-state index is 5.63. The van der Waals surface area contributed by atoms with Crippen molar-refractivity contribution < 1.29 is 4.74 Å². The van der Waals surface area contributed by atoms with Gasteiger partial charge < -0.3 is 4.74 Å². The highest BCUT2D eigenvalue weighted by molar-refractivity contribution is 9.11. The van der Waals surface area contributed by atoms with Crippen molar-refractivity contribution in [2.45, 2.75) is 26.3 Å². The number of hydrogen-bond acceptors (Lipinski definition) is 2. The summed E-state index contributed by atoms with van der Waals surface area (Å²) in [6, 6.07) is 6.54. The molecule has 0 saturated heterocycles. The minimum Gasteiger partial charge on any atom is -0.478 e. The number of rotatable bonds is 3. The van der Waals surface area contributed by atoms with Gasteiger partial charge in [-0.15, -0.1) is 0 Å². The van der Waals surface area contributed by atoms with Gasteiger partial charge in [0.15, 0.2) is 5.90 Å². The van der Waals surface area contributed by atoms with Crippen LogP contribution in [0.4, 0.5) is 0 Å². The Bertz CT molecular complexity index is 423. The normalized spacial score (nSPS) is 19.4. The molecule has 0 aromatic heterocycles. The van der Waals surface area contributed by atoms with E-state index in [2.05, 4.69) is 62.8 Å². The lowest BCUT2D eigenvalue weighted by Gasteiger charge is -2.06. The van der Waals surface area contributed by atoms with Gasteiger partial charge in [-0.2, -0.15) is 0 Å². The number of aliphatic imine (C=N–C) groups is 1. The Hall–Kier alpha value is -0.350. The number of halogens is 2. The minimum absolute atomic E-state index is 0.320. The standard InChI is InChI=1S/C13H15Br2NO/c1-8(2)12-7-17-13(16-12)5-9-3-10(14)6-11(15)4-9/h3-4,6,8,12H,5,7H2,1-2H3. The molecule has 0 N–H and O–H groups in total. The fraction of sp³-hybridized carbons (Fsp3) is 0.462. The summed E-state index contributed by atoms with van der Waals surface area (Å²) in [5.74, 6) is 1.40. The summed E-state index contributed by atoms with van der Waals surface area (Å²) in [6.07, 6.45) is 0.765. The number of hydrogen-bond donors (Lipinski definition) is 0. The molecule has 1 aromatic rings. The maximum Gasteiger partial charge on any atom is 0.188 e. The molecule has 0 aliphatic carbocycles. The number of nitrogens with zero attached hydrogens (tertiary/aromatic N) is 1. The number of benzene rings is 1. The first kappa shape index (κ1) is 13.1. The van der Waals surface area contributed by atoms with Crippen LogP contribution >= 0.6 is 31.9 Å². The van der Waals surface area contributed by atoms with Gasteiger partial charge in [0.2, 0.25) is 0 Å². The van der Waals surface area contributed by atoms with Crippen LogP contribution in [0.15, 0.2) is 32.1 Å². The SMILES string of the molecule is CC(C)C1COC(Cc2cc(Br)cc(Br)c2)=N1. The molecule has 1 aliphatic rings. The van der Waals surface area contributed by atoms with Gasteiger partial charge in [-0.1, -0.05) is 45.7 Å². The molecule has 2 nitrogen and oxygen atoms in total. The van der Waals surface area contributed by atoms with Crippen LogP contribution in [0, 0.1) is 5.92 Å². The second kappa shape index (κ2) is 5.53. The van der Waals surface area contributed by atoms with E-state index in [1.165, 1.54) is 5.56 Å². The highest BCUT2D eigenvalue weighted by Gasteiger charge is 2.21. The van der Waals surface area contributed by atoms with Crippen LogP contribution in [0.3, 0.4) is 0 Å². The minimum atomic E-state index is 0.320. The third-order valence-electron chi connectivity index (χ3n) is 2.78. The molecule has 1 heterocycles. The lowest BCUT2D eigenvalue weighted by molar-refractivity contribution is 0.287. The largest absolute Gasteiger partial charge is 0.478 e. The Kier molecular flexibility index (Phi) is 4.26. The summed E-state index contributed by atoms with van der Waals surface area (Å²) in [5, 5.41) is 0. The van der Waals surface area contributed by atoms with Gasteiger partial charge in [-0.05, 0) is 29.7 Å². The zero-order chi connectivity index (χ0) is 12.4. The molecule has 1 aromatic carbocycles. The van der Waals surface area contributed by atoms with Crippen LogP contribution in [0.25, 0.3) is 0 Å². The van der Waals surface area contributed by atoms with Gasteiger partial charge in [-0.3, -0.25) is 0 Å². The molecule has 0 amide bonds. The molecular weight excluding hydrogens is 346 g/mol. The van der Waals surface area contributed by atoms with Crippen LogP contribution in [-0.4, -0.2) is 18.5 Å². The molecule has 1 aliphatic heterocycles. The van der Waals surface area contributed by atoms with Crippen LogP contribution in [0.1, 0.15) is 19.4 Å². The second-order valence-electron chi connectivity index (χ2n) is 4.60. The molecule has 0 radical (unpaired) electrons. The van der Waals surface area contributed by atoms with Gasteiger partial charge in [0.05, 0.1) is 6.04 Å². The highest BCUT2D eigenvalue weighted by atomic mass is 79.9. The molecular formula is C13H15Br2NO. The third-order valence-corrected chi connectivity index (χ3v) is 3.69. The lowest BCUT2D eigenvalue weighted by atomic mass is 10.1. The molecule has 0 saturated carbocycles. The molecule has 2 rings (SSSR count). The van der Waals surface area contributed by atoms with E-state index in [4.69, 9.17) is 4.74 Å². The molecule has 17 heavy (non-hydrogen) atoms. The van der Waals surface area contributed by atoms with Crippen molar-refractivity contribution in [2.24, 2.45) is 10.9 Å². The Labute approximate surface area is 119 Å². The van der Waals surface area contributed by atoms with Crippen molar-refractivity contribution in [3.8, 4) is 0 Å². The van der Waals surface area contributed by atoms with E-state index in [1.807, 2.05) is 6.07 Å². The summed E-state index contributed by atoms with van der Waals surface area (Å²) in [7, 11) is 0.